The van der Waals surface area contributed by atoms with Gasteiger partial charge in [-0.05, 0) is 31.0 Å². The van der Waals surface area contributed by atoms with E-state index in [1.54, 1.807) is 17.4 Å². The minimum atomic E-state index is 0.212. The number of thiazole rings is 1. The second-order valence-electron chi connectivity index (χ2n) is 4.86. The van der Waals surface area contributed by atoms with Crippen LogP contribution in [-0.2, 0) is 6.42 Å². The standard InChI is InChI=1S/C18H15NOS/c1-13-19-18-16(20)11-15(12-17(18)21-13)10-6-5-9-14-7-3-2-4-8-14/h2-4,7-8,11-12,20H,5,9H2,1H3. The number of phenolic OH excluding ortho intramolecular Hbond substituents is 1. The molecular weight excluding hydrogens is 278 g/mol. The van der Waals surface area contributed by atoms with Crippen LogP contribution in [0.5, 0.6) is 5.75 Å². The van der Waals surface area contributed by atoms with Crippen molar-refractivity contribution in [1.29, 1.82) is 0 Å². The van der Waals surface area contributed by atoms with E-state index in [9.17, 15) is 5.11 Å². The summed E-state index contributed by atoms with van der Waals surface area (Å²) in [4.78, 5) is 4.31. The van der Waals surface area contributed by atoms with Gasteiger partial charge in [0.15, 0.2) is 0 Å². The van der Waals surface area contributed by atoms with Gasteiger partial charge in [-0.25, -0.2) is 4.98 Å². The number of fused-ring (bicyclic) bond motifs is 1. The maximum Gasteiger partial charge on any atom is 0.143 e. The summed E-state index contributed by atoms with van der Waals surface area (Å²) in [5, 5.41) is 10.9. The Morgan fingerprint density at radius 2 is 2.00 bits per heavy atom. The summed E-state index contributed by atoms with van der Waals surface area (Å²) in [6.07, 6.45) is 1.76. The molecule has 3 rings (SSSR count). The quantitative estimate of drug-likeness (QED) is 0.715. The van der Waals surface area contributed by atoms with Gasteiger partial charge in [-0.1, -0.05) is 42.2 Å². The second-order valence-corrected chi connectivity index (χ2v) is 6.10. The summed E-state index contributed by atoms with van der Waals surface area (Å²) in [6.45, 7) is 1.94. The molecule has 2 nitrogen and oxygen atoms in total. The van der Waals surface area contributed by atoms with Crippen LogP contribution >= 0.6 is 11.3 Å². The molecule has 0 unspecified atom stereocenters. The zero-order valence-corrected chi connectivity index (χ0v) is 12.6. The van der Waals surface area contributed by atoms with E-state index in [4.69, 9.17) is 0 Å². The highest BCUT2D eigenvalue weighted by Crippen LogP contribution is 2.30. The molecule has 0 aliphatic heterocycles. The molecule has 104 valence electrons. The highest BCUT2D eigenvalue weighted by Gasteiger charge is 2.06. The van der Waals surface area contributed by atoms with E-state index in [0.717, 1.165) is 28.1 Å². The summed E-state index contributed by atoms with van der Waals surface area (Å²) in [5.41, 5.74) is 2.81. The molecule has 0 atom stereocenters. The van der Waals surface area contributed by atoms with Gasteiger partial charge in [-0.2, -0.15) is 0 Å². The summed E-state index contributed by atoms with van der Waals surface area (Å²) in [6, 6.07) is 14.0. The maximum absolute atomic E-state index is 9.98. The molecule has 0 saturated heterocycles. The fraction of sp³-hybridized carbons (Fsp3) is 0.167. The Bertz CT molecular complexity index is 825. The van der Waals surface area contributed by atoms with Gasteiger partial charge in [0.2, 0.25) is 0 Å². The predicted molar refractivity (Wildman–Crippen MR) is 87.7 cm³/mol. The normalized spacial score (nSPS) is 10.3. The number of rotatable bonds is 2. The third-order valence-corrected chi connectivity index (χ3v) is 4.11. The molecule has 0 spiro atoms. The lowest BCUT2D eigenvalue weighted by Crippen LogP contribution is -1.82. The number of hydrogen-bond donors (Lipinski definition) is 1. The van der Waals surface area contributed by atoms with Gasteiger partial charge in [0.1, 0.15) is 11.3 Å². The molecule has 0 radical (unpaired) electrons. The first-order chi connectivity index (χ1) is 10.2. The summed E-state index contributed by atoms with van der Waals surface area (Å²) < 4.78 is 0.986. The first-order valence-corrected chi connectivity index (χ1v) is 7.67. The average Bonchev–Trinajstić information content (AvgIpc) is 2.86. The fourth-order valence-corrected chi connectivity index (χ4v) is 3.10. The summed E-state index contributed by atoms with van der Waals surface area (Å²) in [7, 11) is 0. The van der Waals surface area contributed by atoms with E-state index >= 15 is 0 Å². The van der Waals surface area contributed by atoms with Crippen molar-refractivity contribution in [3.8, 4) is 17.6 Å². The van der Waals surface area contributed by atoms with Crippen LogP contribution in [0.15, 0.2) is 42.5 Å². The van der Waals surface area contributed by atoms with Crippen molar-refractivity contribution in [2.24, 2.45) is 0 Å². The number of aromatic nitrogens is 1. The Kier molecular flexibility index (Phi) is 3.89. The van der Waals surface area contributed by atoms with Gasteiger partial charge in [-0.15, -0.1) is 11.3 Å². The summed E-state index contributed by atoms with van der Waals surface area (Å²) in [5.74, 6) is 6.51. The molecule has 1 heterocycles. The first kappa shape index (κ1) is 13.7. The number of hydrogen-bond acceptors (Lipinski definition) is 3. The van der Waals surface area contributed by atoms with Crippen LogP contribution in [0.1, 0.15) is 22.6 Å². The zero-order chi connectivity index (χ0) is 14.7. The first-order valence-electron chi connectivity index (χ1n) is 6.85. The van der Waals surface area contributed by atoms with Crippen LogP contribution in [-0.4, -0.2) is 10.1 Å². The molecule has 0 amide bonds. The van der Waals surface area contributed by atoms with Crippen molar-refractivity contribution >= 4 is 21.6 Å². The molecule has 3 aromatic rings. The molecule has 3 heteroatoms. The molecular formula is C18H15NOS. The Morgan fingerprint density at radius 3 is 2.81 bits per heavy atom. The Balaban J connectivity index is 1.75. The van der Waals surface area contributed by atoms with Crippen molar-refractivity contribution < 1.29 is 5.11 Å². The van der Waals surface area contributed by atoms with E-state index < -0.39 is 0 Å². The smallest absolute Gasteiger partial charge is 0.143 e. The fourth-order valence-electron chi connectivity index (χ4n) is 2.21. The molecule has 0 saturated carbocycles. The second kappa shape index (κ2) is 5.99. The SMILES string of the molecule is Cc1nc2c(O)cc(C#CCCc3ccccc3)cc2s1. The van der Waals surface area contributed by atoms with E-state index in [2.05, 4.69) is 29.0 Å². The molecule has 0 aliphatic rings. The van der Waals surface area contributed by atoms with Crippen molar-refractivity contribution in [2.45, 2.75) is 19.8 Å². The zero-order valence-electron chi connectivity index (χ0n) is 11.8. The van der Waals surface area contributed by atoms with Crippen molar-refractivity contribution in [3.63, 3.8) is 0 Å². The van der Waals surface area contributed by atoms with Gasteiger partial charge in [0.05, 0.1) is 9.71 Å². The van der Waals surface area contributed by atoms with E-state index in [-0.39, 0.29) is 5.75 Å². The lowest BCUT2D eigenvalue weighted by atomic mass is 10.1. The van der Waals surface area contributed by atoms with Crippen molar-refractivity contribution in [1.82, 2.24) is 4.98 Å². The van der Waals surface area contributed by atoms with E-state index in [0.29, 0.717) is 5.52 Å². The molecule has 21 heavy (non-hydrogen) atoms. The number of phenols is 1. The number of aryl methyl sites for hydroxylation is 2. The minimum Gasteiger partial charge on any atom is -0.506 e. The highest BCUT2D eigenvalue weighted by molar-refractivity contribution is 7.18. The van der Waals surface area contributed by atoms with Crippen molar-refractivity contribution in [3.05, 3.63) is 58.6 Å². The molecule has 0 aliphatic carbocycles. The predicted octanol–water partition coefficient (Wildman–Crippen LogP) is 4.29. The van der Waals surface area contributed by atoms with Gasteiger partial charge >= 0.3 is 0 Å². The number of benzene rings is 2. The maximum atomic E-state index is 9.98. The van der Waals surface area contributed by atoms with Gasteiger partial charge in [0.25, 0.3) is 0 Å². The van der Waals surface area contributed by atoms with Gasteiger partial charge < -0.3 is 5.11 Å². The van der Waals surface area contributed by atoms with Crippen LogP contribution in [0, 0.1) is 18.8 Å². The number of aromatic hydroxyl groups is 1. The molecule has 0 fully saturated rings. The topological polar surface area (TPSA) is 33.1 Å². The van der Waals surface area contributed by atoms with Gasteiger partial charge in [-0.3, -0.25) is 0 Å². The van der Waals surface area contributed by atoms with E-state index in [1.807, 2.05) is 31.2 Å². The molecule has 0 bridgehead atoms. The third kappa shape index (κ3) is 3.24. The molecule has 2 aromatic carbocycles. The monoisotopic (exact) mass is 293 g/mol. The number of nitrogens with zero attached hydrogens (tertiary/aromatic N) is 1. The average molecular weight is 293 g/mol. The minimum absolute atomic E-state index is 0.212. The van der Waals surface area contributed by atoms with Crippen molar-refractivity contribution in [2.75, 3.05) is 0 Å². The third-order valence-electron chi connectivity index (χ3n) is 3.20. The lowest BCUT2D eigenvalue weighted by molar-refractivity contribution is 0.480. The lowest BCUT2D eigenvalue weighted by Gasteiger charge is -1.96. The van der Waals surface area contributed by atoms with Crippen LogP contribution in [0.2, 0.25) is 0 Å². The van der Waals surface area contributed by atoms with E-state index in [1.165, 1.54) is 5.56 Å². The largest absolute Gasteiger partial charge is 0.506 e. The van der Waals surface area contributed by atoms with Crippen LogP contribution in [0.25, 0.3) is 10.2 Å². The molecule has 1 aromatic heterocycles. The van der Waals surface area contributed by atoms with Crippen LogP contribution < -0.4 is 0 Å². The highest BCUT2D eigenvalue weighted by atomic mass is 32.1. The van der Waals surface area contributed by atoms with Crippen LogP contribution in [0.4, 0.5) is 0 Å². The van der Waals surface area contributed by atoms with Gasteiger partial charge in [0, 0.05) is 12.0 Å². The Morgan fingerprint density at radius 1 is 1.19 bits per heavy atom. The Hall–Kier alpha value is -2.31. The Labute approximate surface area is 128 Å². The summed E-state index contributed by atoms with van der Waals surface area (Å²) >= 11 is 1.58. The van der Waals surface area contributed by atoms with Crippen LogP contribution in [0.3, 0.4) is 0 Å². The molecule has 1 N–H and O–H groups in total.